The van der Waals surface area contributed by atoms with Gasteiger partial charge in [-0.05, 0) is 18.7 Å². The second-order valence-corrected chi connectivity index (χ2v) is 4.37. The van der Waals surface area contributed by atoms with Gasteiger partial charge in [-0.15, -0.1) is 0 Å². The molecule has 0 saturated carbocycles. The molecule has 0 aliphatic carbocycles. The zero-order valence-corrected chi connectivity index (χ0v) is 10.4. The monoisotopic (exact) mass is 264 g/mol. The van der Waals surface area contributed by atoms with E-state index in [1.807, 2.05) is 0 Å². The van der Waals surface area contributed by atoms with Gasteiger partial charge in [0.25, 0.3) is 0 Å². The molecule has 0 amide bonds. The lowest BCUT2D eigenvalue weighted by atomic mass is 10.5. The van der Waals surface area contributed by atoms with Gasteiger partial charge in [0.05, 0.1) is 0 Å². The van der Waals surface area contributed by atoms with Gasteiger partial charge in [-0.2, -0.15) is 0 Å². The van der Waals surface area contributed by atoms with Gasteiger partial charge < -0.3 is 16.9 Å². The summed E-state index contributed by atoms with van der Waals surface area (Å²) < 4.78 is 0. The maximum atomic E-state index is 5.59. The smallest absolute Gasteiger partial charge is 0.197 e. The molecule has 0 aliphatic heterocycles. The Bertz CT molecular complexity index is 552. The van der Waals surface area contributed by atoms with Gasteiger partial charge in [-0.3, -0.25) is 0 Å². The Kier molecular flexibility index (Phi) is 3.44. The molecule has 0 unspecified atom stereocenters. The van der Waals surface area contributed by atoms with Crippen molar-refractivity contribution >= 4 is 29.2 Å². The first-order chi connectivity index (χ1) is 8.56. The highest BCUT2D eigenvalue weighted by Gasteiger charge is 2.07. The van der Waals surface area contributed by atoms with Crippen molar-refractivity contribution in [3.05, 3.63) is 18.0 Å². The molecule has 2 heterocycles. The Morgan fingerprint density at radius 2 is 1.72 bits per heavy atom. The fourth-order valence-corrected chi connectivity index (χ4v) is 2.11. The Labute approximate surface area is 107 Å². The van der Waals surface area contributed by atoms with Crippen LogP contribution in [0.4, 0.5) is 17.5 Å². The summed E-state index contributed by atoms with van der Waals surface area (Å²) in [6.45, 7) is 1.76. The number of aromatic nitrogens is 4. The van der Waals surface area contributed by atoms with Crippen LogP contribution < -0.4 is 22.7 Å². The molecular formula is C9H12N8S. The van der Waals surface area contributed by atoms with E-state index in [2.05, 4.69) is 25.4 Å². The molecule has 0 saturated heterocycles. The van der Waals surface area contributed by atoms with Crippen molar-refractivity contribution in [1.82, 2.24) is 19.9 Å². The van der Waals surface area contributed by atoms with Crippen molar-refractivity contribution < 1.29 is 0 Å². The first-order valence-corrected chi connectivity index (χ1v) is 5.78. The zero-order valence-electron chi connectivity index (χ0n) is 9.58. The van der Waals surface area contributed by atoms with Gasteiger partial charge in [0, 0.05) is 12.1 Å². The van der Waals surface area contributed by atoms with Gasteiger partial charge in [-0.25, -0.2) is 25.8 Å². The summed E-state index contributed by atoms with van der Waals surface area (Å²) in [4.78, 5) is 16.4. The minimum absolute atomic E-state index is 0.313. The number of nitrogens with two attached hydrogens (primary N) is 3. The average molecular weight is 264 g/mol. The second-order valence-electron chi connectivity index (χ2n) is 3.39. The van der Waals surface area contributed by atoms with E-state index in [1.54, 1.807) is 13.0 Å². The van der Waals surface area contributed by atoms with E-state index in [0.717, 1.165) is 0 Å². The van der Waals surface area contributed by atoms with E-state index in [1.165, 1.54) is 17.8 Å². The maximum absolute atomic E-state index is 5.59. The molecule has 2 rings (SSSR count). The predicted octanol–water partition coefficient (Wildman–Crippen LogP) is 0.176. The molecule has 0 atom stereocenters. The summed E-state index contributed by atoms with van der Waals surface area (Å²) in [6.07, 6.45) is 0. The van der Waals surface area contributed by atoms with Crippen LogP contribution in [0.1, 0.15) is 5.82 Å². The van der Waals surface area contributed by atoms with Gasteiger partial charge in [0.1, 0.15) is 28.3 Å². The summed E-state index contributed by atoms with van der Waals surface area (Å²) in [7, 11) is 0. The van der Waals surface area contributed by atoms with Crippen molar-refractivity contribution in [2.75, 3.05) is 16.9 Å². The average Bonchev–Trinajstić information content (AvgIpc) is 2.26. The summed E-state index contributed by atoms with van der Waals surface area (Å²) >= 11 is 1.23. The third-order valence-electron chi connectivity index (χ3n) is 1.90. The predicted molar refractivity (Wildman–Crippen MR) is 69.6 cm³/mol. The molecule has 18 heavy (non-hydrogen) atoms. The van der Waals surface area contributed by atoms with Crippen LogP contribution in [0.15, 0.2) is 22.3 Å². The van der Waals surface area contributed by atoms with Crippen LogP contribution in [-0.2, 0) is 0 Å². The molecule has 0 aliphatic rings. The fourth-order valence-electron chi connectivity index (χ4n) is 1.27. The van der Waals surface area contributed by atoms with Crippen LogP contribution in [-0.4, -0.2) is 19.9 Å². The third kappa shape index (κ3) is 2.96. The van der Waals surface area contributed by atoms with Gasteiger partial charge in [-0.1, -0.05) is 0 Å². The Morgan fingerprint density at radius 1 is 1.06 bits per heavy atom. The lowest BCUT2D eigenvalue weighted by Crippen LogP contribution is -2.09. The fraction of sp³-hybridized carbons (Fsp3) is 0.111. The maximum Gasteiger partial charge on any atom is 0.197 e. The van der Waals surface area contributed by atoms with Crippen molar-refractivity contribution in [2.45, 2.75) is 17.1 Å². The highest BCUT2D eigenvalue weighted by Crippen LogP contribution is 2.25. The van der Waals surface area contributed by atoms with Crippen molar-refractivity contribution in [3.8, 4) is 0 Å². The van der Waals surface area contributed by atoms with Crippen molar-refractivity contribution in [3.63, 3.8) is 0 Å². The molecule has 2 aromatic rings. The Morgan fingerprint density at radius 3 is 2.33 bits per heavy atom. The van der Waals surface area contributed by atoms with Crippen LogP contribution >= 0.6 is 11.8 Å². The lowest BCUT2D eigenvalue weighted by Gasteiger charge is -2.05. The number of hydrazine groups is 1. The van der Waals surface area contributed by atoms with Crippen molar-refractivity contribution in [2.24, 2.45) is 5.84 Å². The normalized spacial score (nSPS) is 10.3. The number of anilines is 3. The molecule has 2 aromatic heterocycles. The van der Waals surface area contributed by atoms with E-state index in [-0.39, 0.29) is 0 Å². The summed E-state index contributed by atoms with van der Waals surface area (Å²) in [6, 6.07) is 3.17. The number of nitrogen functional groups attached to an aromatic ring is 3. The molecule has 7 N–H and O–H groups in total. The number of hydrogen-bond donors (Lipinski definition) is 4. The number of nitrogens with one attached hydrogen (secondary N) is 1. The summed E-state index contributed by atoms with van der Waals surface area (Å²) in [5.74, 6) is 7.04. The third-order valence-corrected chi connectivity index (χ3v) is 2.69. The SMILES string of the molecule is Cc1nc(NN)cc(Sc2nc(N)cc(N)n2)n1. The number of nitrogens with zero attached hydrogens (tertiary/aromatic N) is 4. The molecule has 8 nitrogen and oxygen atoms in total. The molecular weight excluding hydrogens is 252 g/mol. The molecule has 0 spiro atoms. The second kappa shape index (κ2) is 5.02. The molecule has 94 valence electrons. The molecule has 0 bridgehead atoms. The van der Waals surface area contributed by atoms with Crippen LogP contribution in [0.25, 0.3) is 0 Å². The van der Waals surface area contributed by atoms with Gasteiger partial charge >= 0.3 is 0 Å². The standard InChI is InChI=1S/C9H12N8S/c1-4-13-7(17-12)3-8(14-4)18-9-15-5(10)2-6(11)16-9/h2-3H,12H2,1H3,(H,13,14,17)(H4,10,11,15,16). The number of hydrogen-bond acceptors (Lipinski definition) is 9. The Balaban J connectivity index is 2.30. The molecule has 0 fully saturated rings. The van der Waals surface area contributed by atoms with Crippen LogP contribution in [0.3, 0.4) is 0 Å². The van der Waals surface area contributed by atoms with E-state index in [0.29, 0.717) is 33.5 Å². The molecule has 9 heteroatoms. The number of rotatable bonds is 3. The van der Waals surface area contributed by atoms with E-state index >= 15 is 0 Å². The van der Waals surface area contributed by atoms with Gasteiger partial charge in [0.2, 0.25) is 0 Å². The van der Waals surface area contributed by atoms with Crippen molar-refractivity contribution in [1.29, 1.82) is 0 Å². The van der Waals surface area contributed by atoms with Crippen LogP contribution in [0.2, 0.25) is 0 Å². The minimum Gasteiger partial charge on any atom is -0.383 e. The first-order valence-electron chi connectivity index (χ1n) is 4.97. The number of aryl methyl sites for hydroxylation is 1. The summed E-state index contributed by atoms with van der Waals surface area (Å²) in [5.41, 5.74) is 13.6. The topological polar surface area (TPSA) is 142 Å². The summed E-state index contributed by atoms with van der Waals surface area (Å²) in [5, 5.41) is 1.08. The first kappa shape index (κ1) is 12.3. The zero-order chi connectivity index (χ0) is 13.1. The highest BCUT2D eigenvalue weighted by atomic mass is 32.2. The minimum atomic E-state index is 0.313. The molecule has 0 radical (unpaired) electrons. The lowest BCUT2D eigenvalue weighted by molar-refractivity contribution is 0.943. The van der Waals surface area contributed by atoms with Crippen LogP contribution in [0.5, 0.6) is 0 Å². The van der Waals surface area contributed by atoms with Crippen LogP contribution in [0, 0.1) is 6.92 Å². The highest BCUT2D eigenvalue weighted by molar-refractivity contribution is 7.99. The van der Waals surface area contributed by atoms with Gasteiger partial charge in [0.15, 0.2) is 5.16 Å². The van der Waals surface area contributed by atoms with E-state index in [4.69, 9.17) is 17.3 Å². The van der Waals surface area contributed by atoms with E-state index in [9.17, 15) is 0 Å². The van der Waals surface area contributed by atoms with E-state index < -0.39 is 0 Å². The Hall–Kier alpha value is -2.13. The largest absolute Gasteiger partial charge is 0.383 e. The quantitative estimate of drug-likeness (QED) is 0.264. The molecule has 0 aromatic carbocycles.